The molecular weight excluding hydrogens is 385 g/mol. The maximum atomic E-state index is 13.2. The maximum absolute atomic E-state index is 13.2. The molecule has 0 saturated carbocycles. The number of anilines is 1. The molecule has 3 aromatic rings. The Bertz CT molecular complexity index is 1090. The van der Waals surface area contributed by atoms with Crippen LogP contribution in [0.2, 0.25) is 0 Å². The van der Waals surface area contributed by atoms with Crippen molar-refractivity contribution in [2.24, 2.45) is 0 Å². The monoisotopic (exact) mass is 402 g/mol. The molecule has 150 valence electrons. The second kappa shape index (κ2) is 6.61. The van der Waals surface area contributed by atoms with Gasteiger partial charge in [0, 0.05) is 36.9 Å². The molecule has 0 fully saturated rings. The maximum Gasteiger partial charge on any atom is 0.416 e. The van der Waals surface area contributed by atoms with Gasteiger partial charge >= 0.3 is 6.18 Å². The minimum Gasteiger partial charge on any atom is -0.619 e. The summed E-state index contributed by atoms with van der Waals surface area (Å²) < 4.78 is 40.9. The fourth-order valence-corrected chi connectivity index (χ4v) is 3.50. The van der Waals surface area contributed by atoms with Gasteiger partial charge in [0.05, 0.1) is 17.8 Å². The number of halogens is 3. The summed E-state index contributed by atoms with van der Waals surface area (Å²) in [5, 5.41) is 15.9. The number of aromatic nitrogens is 3. The van der Waals surface area contributed by atoms with Crippen LogP contribution in [0.4, 0.5) is 18.9 Å². The van der Waals surface area contributed by atoms with Crippen LogP contribution in [-0.4, -0.2) is 22.2 Å². The Labute approximate surface area is 164 Å². The Morgan fingerprint density at radius 2 is 1.90 bits per heavy atom. The molecule has 1 amide bonds. The van der Waals surface area contributed by atoms with E-state index < -0.39 is 11.7 Å². The van der Waals surface area contributed by atoms with E-state index >= 15 is 0 Å². The van der Waals surface area contributed by atoms with Crippen LogP contribution < -0.4 is 9.63 Å². The number of hydrogen-bond donors (Lipinski definition) is 0. The van der Waals surface area contributed by atoms with E-state index in [1.54, 1.807) is 29.9 Å². The lowest BCUT2D eigenvalue weighted by molar-refractivity contribution is -0.612. The van der Waals surface area contributed by atoms with Crippen molar-refractivity contribution in [2.75, 3.05) is 11.4 Å². The van der Waals surface area contributed by atoms with Crippen molar-refractivity contribution in [1.29, 1.82) is 0 Å². The molecule has 4 rings (SSSR count). The summed E-state index contributed by atoms with van der Waals surface area (Å²) in [6, 6.07) is 7.62. The van der Waals surface area contributed by atoms with Crippen LogP contribution >= 0.6 is 0 Å². The molecule has 0 spiro atoms. The van der Waals surface area contributed by atoms with E-state index in [0.29, 0.717) is 28.2 Å². The molecule has 6 nitrogen and oxygen atoms in total. The predicted molar refractivity (Wildman–Crippen MR) is 99.2 cm³/mol. The highest BCUT2D eigenvalue weighted by molar-refractivity contribution is 6.09. The second-order valence-electron chi connectivity index (χ2n) is 7.04. The molecule has 1 aromatic carbocycles. The first-order valence-corrected chi connectivity index (χ1v) is 8.93. The van der Waals surface area contributed by atoms with Crippen LogP contribution in [0.25, 0.3) is 11.1 Å². The fraction of sp³-hybridized carbons (Fsp3) is 0.250. The quantitative estimate of drug-likeness (QED) is 0.485. The van der Waals surface area contributed by atoms with Crippen LogP contribution in [0.1, 0.15) is 34.7 Å². The van der Waals surface area contributed by atoms with Crippen LogP contribution in [0.5, 0.6) is 0 Å². The summed E-state index contributed by atoms with van der Waals surface area (Å²) in [5.41, 5.74) is 1.67. The Balaban J connectivity index is 1.75. The van der Waals surface area contributed by atoms with Crippen molar-refractivity contribution in [1.82, 2.24) is 9.78 Å². The lowest BCUT2D eigenvalue weighted by atomic mass is 10.0. The topological polar surface area (TPSA) is 65.1 Å². The van der Waals surface area contributed by atoms with E-state index in [0.717, 1.165) is 16.9 Å². The minimum atomic E-state index is -4.44. The number of benzene rings is 1. The van der Waals surface area contributed by atoms with Gasteiger partial charge in [-0.25, -0.2) is 0 Å². The number of carbonyl (C=O) groups excluding carboxylic acids is 1. The number of carbonyl (C=O) groups is 1. The van der Waals surface area contributed by atoms with Crippen molar-refractivity contribution >= 4 is 11.6 Å². The summed E-state index contributed by atoms with van der Waals surface area (Å²) in [7, 11) is 0. The molecule has 0 N–H and O–H groups in total. The van der Waals surface area contributed by atoms with Gasteiger partial charge in [0.25, 0.3) is 5.91 Å². The third-order valence-corrected chi connectivity index (χ3v) is 5.03. The lowest BCUT2D eigenvalue weighted by Crippen LogP contribution is -2.42. The van der Waals surface area contributed by atoms with Gasteiger partial charge in [-0.3, -0.25) is 9.48 Å². The molecule has 1 atom stereocenters. The average molecular weight is 402 g/mol. The van der Waals surface area contributed by atoms with Crippen LogP contribution in [-0.2, 0) is 6.18 Å². The molecule has 1 aliphatic heterocycles. The summed E-state index contributed by atoms with van der Waals surface area (Å²) in [4.78, 5) is 14.7. The smallest absolute Gasteiger partial charge is 0.416 e. The SMILES string of the molecule is Cc1cc(-c2cnn3c2C(=O)N(c2ccc(C(F)(F)F)cc2)C[C@@H]3C)cc[n+]1[O-]. The summed E-state index contributed by atoms with van der Waals surface area (Å²) in [6.07, 6.45) is -1.50. The Morgan fingerprint density at radius 3 is 2.52 bits per heavy atom. The van der Waals surface area contributed by atoms with Gasteiger partial charge in [-0.1, -0.05) is 0 Å². The lowest BCUT2D eigenvalue weighted by Gasteiger charge is -2.32. The van der Waals surface area contributed by atoms with Gasteiger partial charge in [-0.15, -0.1) is 0 Å². The molecule has 0 aliphatic carbocycles. The number of rotatable bonds is 2. The number of fused-ring (bicyclic) bond motifs is 1. The zero-order valence-electron chi connectivity index (χ0n) is 15.6. The highest BCUT2D eigenvalue weighted by atomic mass is 19.4. The summed E-state index contributed by atoms with van der Waals surface area (Å²) >= 11 is 0. The molecule has 29 heavy (non-hydrogen) atoms. The molecule has 0 unspecified atom stereocenters. The fourth-order valence-electron chi connectivity index (χ4n) is 3.50. The van der Waals surface area contributed by atoms with Gasteiger partial charge in [0.2, 0.25) is 0 Å². The van der Waals surface area contributed by atoms with Crippen LogP contribution in [0, 0.1) is 12.1 Å². The van der Waals surface area contributed by atoms with E-state index in [9.17, 15) is 23.2 Å². The molecule has 3 heterocycles. The first-order chi connectivity index (χ1) is 13.7. The van der Waals surface area contributed by atoms with Crippen molar-refractivity contribution < 1.29 is 22.7 Å². The highest BCUT2D eigenvalue weighted by Crippen LogP contribution is 2.34. The number of nitrogens with zero attached hydrogens (tertiary/aromatic N) is 4. The molecule has 2 aromatic heterocycles. The number of amides is 1. The van der Waals surface area contributed by atoms with Crippen LogP contribution in [0.15, 0.2) is 48.8 Å². The van der Waals surface area contributed by atoms with E-state index in [2.05, 4.69) is 5.10 Å². The van der Waals surface area contributed by atoms with Gasteiger partial charge in [-0.2, -0.15) is 23.0 Å². The minimum absolute atomic E-state index is 0.173. The Hall–Kier alpha value is -3.36. The number of alkyl halides is 3. The standard InChI is InChI=1S/C20H17F3N4O2/c1-12-9-14(7-8-26(12)29)17-10-24-27-13(2)11-25(19(28)18(17)27)16-5-3-15(4-6-16)20(21,22)23/h3-10,13H,11H2,1-2H3/t13-/m0/s1. The molecule has 0 saturated heterocycles. The Kier molecular flexibility index (Phi) is 4.33. The van der Waals surface area contributed by atoms with Gasteiger partial charge in [-0.05, 0) is 36.8 Å². The molecule has 0 bridgehead atoms. The van der Waals surface area contributed by atoms with Crippen molar-refractivity contribution in [3.8, 4) is 11.1 Å². The zero-order valence-corrected chi connectivity index (χ0v) is 15.6. The van der Waals surface area contributed by atoms with E-state index in [-0.39, 0.29) is 18.5 Å². The average Bonchev–Trinajstić information content (AvgIpc) is 3.12. The van der Waals surface area contributed by atoms with Gasteiger partial charge in [0.15, 0.2) is 11.9 Å². The van der Waals surface area contributed by atoms with E-state index in [4.69, 9.17) is 0 Å². The second-order valence-corrected chi connectivity index (χ2v) is 7.04. The Morgan fingerprint density at radius 1 is 1.21 bits per heavy atom. The largest absolute Gasteiger partial charge is 0.619 e. The van der Waals surface area contributed by atoms with Gasteiger partial charge in [0.1, 0.15) is 5.69 Å². The van der Waals surface area contributed by atoms with Gasteiger partial charge < -0.3 is 10.1 Å². The van der Waals surface area contributed by atoms with E-state index in [1.165, 1.54) is 23.2 Å². The van der Waals surface area contributed by atoms with Crippen molar-refractivity contribution in [3.63, 3.8) is 0 Å². The third-order valence-electron chi connectivity index (χ3n) is 5.03. The van der Waals surface area contributed by atoms with Crippen molar-refractivity contribution in [3.05, 3.63) is 71.0 Å². The summed E-state index contributed by atoms with van der Waals surface area (Å²) in [6.45, 7) is 3.82. The molecule has 9 heteroatoms. The molecule has 0 radical (unpaired) electrons. The zero-order chi connectivity index (χ0) is 20.9. The third kappa shape index (κ3) is 3.22. The number of hydrogen-bond acceptors (Lipinski definition) is 3. The normalized spacial score (nSPS) is 16.8. The molecular formula is C20H17F3N4O2. The first-order valence-electron chi connectivity index (χ1n) is 8.93. The highest BCUT2D eigenvalue weighted by Gasteiger charge is 2.35. The summed E-state index contributed by atoms with van der Waals surface area (Å²) in [5.74, 6) is -0.355. The first kappa shape index (κ1) is 19.0. The van der Waals surface area contributed by atoms with E-state index in [1.807, 2.05) is 6.92 Å². The number of aryl methyl sites for hydroxylation is 1. The number of pyridine rings is 1. The predicted octanol–water partition coefficient (Wildman–Crippen LogP) is 3.73. The van der Waals surface area contributed by atoms with Crippen LogP contribution in [0.3, 0.4) is 0 Å². The molecule has 1 aliphatic rings. The van der Waals surface area contributed by atoms with Crippen molar-refractivity contribution in [2.45, 2.75) is 26.1 Å².